The maximum atomic E-state index is 13.2. The van der Waals surface area contributed by atoms with Gasteiger partial charge in [0.05, 0.1) is 0 Å². The van der Waals surface area contributed by atoms with Gasteiger partial charge in [-0.1, -0.05) is 0 Å². The first kappa shape index (κ1) is 11.9. The lowest BCUT2D eigenvalue weighted by Gasteiger charge is -2.07. The van der Waals surface area contributed by atoms with Gasteiger partial charge in [-0.05, 0) is 6.92 Å². The molecular formula is C7H7F3N2O2S. The average molecular weight is 240 g/mol. The number of hydrogen-bond donors (Lipinski definition) is 1. The predicted octanol–water partition coefficient (Wildman–Crippen LogP) is 1.11. The Labute approximate surface area is 84.0 Å². The lowest BCUT2D eigenvalue weighted by molar-refractivity contribution is 0.140. The first-order chi connectivity index (χ1) is 6.75. The van der Waals surface area contributed by atoms with E-state index in [0.717, 1.165) is 6.92 Å². The van der Waals surface area contributed by atoms with Crippen LogP contribution in [0.3, 0.4) is 0 Å². The fourth-order valence-corrected chi connectivity index (χ4v) is 1.74. The van der Waals surface area contributed by atoms with Gasteiger partial charge in [-0.15, -0.1) is 0 Å². The zero-order chi connectivity index (χ0) is 11.8. The van der Waals surface area contributed by atoms with Crippen molar-refractivity contribution in [2.75, 3.05) is 0 Å². The summed E-state index contributed by atoms with van der Waals surface area (Å²) in [4.78, 5) is 2.43. The molecule has 0 saturated heterocycles. The van der Waals surface area contributed by atoms with Crippen LogP contribution < -0.4 is 5.14 Å². The highest BCUT2D eigenvalue weighted by molar-refractivity contribution is 7.89. The van der Waals surface area contributed by atoms with Crippen molar-refractivity contribution in [1.82, 2.24) is 4.98 Å². The van der Waals surface area contributed by atoms with Crippen LogP contribution in [0, 0.1) is 12.7 Å². The monoisotopic (exact) mass is 240 g/mol. The summed E-state index contributed by atoms with van der Waals surface area (Å²) in [5.41, 5.74) is -1.54. The molecule has 0 radical (unpaired) electrons. The van der Waals surface area contributed by atoms with Gasteiger partial charge >= 0.3 is 0 Å². The molecule has 1 rings (SSSR count). The van der Waals surface area contributed by atoms with Gasteiger partial charge in [-0.25, -0.2) is 26.7 Å². The molecule has 0 fully saturated rings. The molecule has 0 unspecified atom stereocenters. The molecule has 1 heterocycles. The van der Waals surface area contributed by atoms with Crippen LogP contribution in [0.5, 0.6) is 0 Å². The van der Waals surface area contributed by atoms with Crippen LogP contribution in [0.4, 0.5) is 13.2 Å². The fraction of sp³-hybridized carbons (Fsp3) is 0.286. The SMILES string of the molecule is Cc1c(S(N)(=O)=O)cnc(C(F)F)c1F. The summed E-state index contributed by atoms with van der Waals surface area (Å²) in [6.07, 6.45) is -2.48. The largest absolute Gasteiger partial charge is 0.283 e. The molecule has 8 heteroatoms. The van der Waals surface area contributed by atoms with Gasteiger partial charge in [0, 0.05) is 11.8 Å². The van der Waals surface area contributed by atoms with Crippen LogP contribution in [-0.4, -0.2) is 13.4 Å². The Bertz CT molecular complexity index is 487. The van der Waals surface area contributed by atoms with E-state index in [1.54, 1.807) is 0 Å². The van der Waals surface area contributed by atoms with Crippen molar-refractivity contribution in [1.29, 1.82) is 0 Å². The van der Waals surface area contributed by atoms with E-state index in [0.29, 0.717) is 6.20 Å². The Balaban J connectivity index is 3.48. The van der Waals surface area contributed by atoms with E-state index in [1.807, 2.05) is 0 Å². The molecule has 0 aliphatic heterocycles. The van der Waals surface area contributed by atoms with Crippen molar-refractivity contribution in [3.8, 4) is 0 Å². The Morgan fingerprint density at radius 2 is 2.00 bits per heavy atom. The normalized spacial score (nSPS) is 12.1. The van der Waals surface area contributed by atoms with Crippen molar-refractivity contribution in [2.24, 2.45) is 5.14 Å². The molecule has 1 aromatic heterocycles. The number of sulfonamides is 1. The summed E-state index contributed by atoms with van der Waals surface area (Å²) in [5.74, 6) is -1.35. The maximum Gasteiger partial charge on any atom is 0.283 e. The highest BCUT2D eigenvalue weighted by Crippen LogP contribution is 2.24. The maximum absolute atomic E-state index is 13.2. The van der Waals surface area contributed by atoms with Gasteiger partial charge < -0.3 is 0 Å². The van der Waals surface area contributed by atoms with Gasteiger partial charge in [-0.2, -0.15) is 0 Å². The van der Waals surface area contributed by atoms with E-state index in [9.17, 15) is 21.6 Å². The summed E-state index contributed by atoms with van der Waals surface area (Å²) in [7, 11) is -4.15. The summed E-state index contributed by atoms with van der Waals surface area (Å²) >= 11 is 0. The lowest BCUT2D eigenvalue weighted by atomic mass is 10.2. The highest BCUT2D eigenvalue weighted by Gasteiger charge is 2.22. The standard InChI is InChI=1S/C7H7F3N2O2S/c1-3-4(15(11,13)14)2-12-6(5(3)8)7(9)10/h2,7H,1H3,(H2,11,13,14). The first-order valence-electron chi connectivity index (χ1n) is 3.71. The van der Waals surface area contributed by atoms with Crippen molar-refractivity contribution >= 4 is 10.0 Å². The van der Waals surface area contributed by atoms with Gasteiger partial charge in [-0.3, -0.25) is 4.98 Å². The number of pyridine rings is 1. The van der Waals surface area contributed by atoms with E-state index < -0.39 is 38.4 Å². The molecule has 0 saturated carbocycles. The minimum atomic E-state index is -4.15. The quantitative estimate of drug-likeness (QED) is 0.841. The fourth-order valence-electron chi connectivity index (χ4n) is 1.02. The third-order valence-electron chi connectivity index (χ3n) is 1.76. The number of primary sulfonamides is 1. The Morgan fingerprint density at radius 1 is 1.47 bits per heavy atom. The second kappa shape index (κ2) is 3.78. The minimum absolute atomic E-state index is 0.456. The third kappa shape index (κ3) is 2.26. The van der Waals surface area contributed by atoms with Crippen molar-refractivity contribution in [2.45, 2.75) is 18.2 Å². The molecule has 4 nitrogen and oxygen atoms in total. The molecule has 0 amide bonds. The van der Waals surface area contributed by atoms with Crippen LogP contribution in [-0.2, 0) is 10.0 Å². The van der Waals surface area contributed by atoms with Crippen molar-refractivity contribution < 1.29 is 21.6 Å². The van der Waals surface area contributed by atoms with E-state index in [2.05, 4.69) is 4.98 Å². The summed E-state index contributed by atoms with van der Waals surface area (Å²) in [6, 6.07) is 0. The van der Waals surface area contributed by atoms with E-state index >= 15 is 0 Å². The molecule has 0 aromatic carbocycles. The number of hydrogen-bond acceptors (Lipinski definition) is 3. The summed E-state index contributed by atoms with van der Waals surface area (Å²) in [6.45, 7) is 1.04. The van der Waals surface area contributed by atoms with Crippen LogP contribution in [0.15, 0.2) is 11.1 Å². The number of nitrogens with two attached hydrogens (primary N) is 1. The van der Waals surface area contributed by atoms with Crippen molar-refractivity contribution in [3.05, 3.63) is 23.3 Å². The van der Waals surface area contributed by atoms with Crippen LogP contribution in [0.25, 0.3) is 0 Å². The van der Waals surface area contributed by atoms with Crippen LogP contribution in [0.2, 0.25) is 0 Å². The predicted molar refractivity (Wildman–Crippen MR) is 45.3 cm³/mol. The second-order valence-electron chi connectivity index (χ2n) is 2.79. The zero-order valence-electron chi connectivity index (χ0n) is 7.54. The highest BCUT2D eigenvalue weighted by atomic mass is 32.2. The smallest absolute Gasteiger partial charge is 0.251 e. The number of nitrogens with zero attached hydrogens (tertiary/aromatic N) is 1. The van der Waals surface area contributed by atoms with E-state index in [1.165, 1.54) is 0 Å². The summed E-state index contributed by atoms with van der Waals surface area (Å²) in [5, 5.41) is 4.73. The molecule has 2 N–H and O–H groups in total. The Kier molecular flexibility index (Phi) is 3.00. The van der Waals surface area contributed by atoms with Crippen LogP contribution in [0.1, 0.15) is 17.7 Å². The molecular weight excluding hydrogens is 233 g/mol. The van der Waals surface area contributed by atoms with Crippen LogP contribution >= 0.6 is 0 Å². The number of aromatic nitrogens is 1. The van der Waals surface area contributed by atoms with Gasteiger partial charge in [0.1, 0.15) is 10.6 Å². The lowest BCUT2D eigenvalue weighted by Crippen LogP contribution is -2.16. The number of rotatable bonds is 2. The number of alkyl halides is 2. The zero-order valence-corrected chi connectivity index (χ0v) is 8.35. The average Bonchev–Trinajstić information content (AvgIpc) is 2.06. The summed E-state index contributed by atoms with van der Waals surface area (Å²) < 4.78 is 59.2. The van der Waals surface area contributed by atoms with Gasteiger partial charge in [0.25, 0.3) is 6.43 Å². The van der Waals surface area contributed by atoms with Crippen molar-refractivity contribution in [3.63, 3.8) is 0 Å². The van der Waals surface area contributed by atoms with E-state index in [-0.39, 0.29) is 0 Å². The minimum Gasteiger partial charge on any atom is -0.251 e. The van der Waals surface area contributed by atoms with Gasteiger partial charge in [0.15, 0.2) is 5.82 Å². The molecule has 0 aliphatic rings. The Morgan fingerprint density at radius 3 is 2.40 bits per heavy atom. The Hall–Kier alpha value is -1.15. The molecule has 0 aliphatic carbocycles. The molecule has 0 spiro atoms. The first-order valence-corrected chi connectivity index (χ1v) is 5.25. The third-order valence-corrected chi connectivity index (χ3v) is 2.78. The second-order valence-corrected chi connectivity index (χ2v) is 4.32. The molecule has 0 bridgehead atoms. The van der Waals surface area contributed by atoms with Gasteiger partial charge in [0.2, 0.25) is 10.0 Å². The molecule has 84 valence electrons. The molecule has 15 heavy (non-hydrogen) atoms. The van der Waals surface area contributed by atoms with E-state index in [4.69, 9.17) is 5.14 Å². The topological polar surface area (TPSA) is 73.1 Å². The molecule has 0 atom stereocenters. The number of halogens is 3. The molecule has 1 aromatic rings.